The van der Waals surface area contributed by atoms with E-state index < -0.39 is 0 Å². The van der Waals surface area contributed by atoms with Gasteiger partial charge in [-0.3, -0.25) is 14.4 Å². The summed E-state index contributed by atoms with van der Waals surface area (Å²) < 4.78 is 0. The van der Waals surface area contributed by atoms with Crippen molar-refractivity contribution in [1.82, 2.24) is 5.32 Å². The van der Waals surface area contributed by atoms with Crippen LogP contribution in [0.2, 0.25) is 0 Å². The van der Waals surface area contributed by atoms with Crippen LogP contribution >= 0.6 is 11.8 Å². The maximum absolute atomic E-state index is 11.9. The van der Waals surface area contributed by atoms with Gasteiger partial charge in [-0.15, -0.1) is 0 Å². The number of hydrogen-bond donors (Lipinski definition) is 2. The first-order valence-corrected chi connectivity index (χ1v) is 6.90. The topological polar surface area (TPSA) is 75.3 Å². The zero-order valence-electron chi connectivity index (χ0n) is 10.4. The van der Waals surface area contributed by atoms with Crippen LogP contribution in [-0.4, -0.2) is 28.7 Å². The molecule has 0 radical (unpaired) electrons. The van der Waals surface area contributed by atoms with Gasteiger partial charge >= 0.3 is 0 Å². The molecule has 1 aliphatic heterocycles. The lowest BCUT2D eigenvalue weighted by molar-refractivity contribution is -0.114. The lowest BCUT2D eigenvalue weighted by Crippen LogP contribution is -2.37. The molecule has 100 valence electrons. The summed E-state index contributed by atoms with van der Waals surface area (Å²) in [5, 5.41) is 5.35. The van der Waals surface area contributed by atoms with E-state index >= 15 is 0 Å². The zero-order valence-corrected chi connectivity index (χ0v) is 11.3. The molecule has 1 aromatic rings. The maximum Gasteiger partial charge on any atom is 0.251 e. The maximum atomic E-state index is 11.9. The van der Waals surface area contributed by atoms with Crippen molar-refractivity contribution in [1.29, 1.82) is 0 Å². The van der Waals surface area contributed by atoms with Gasteiger partial charge < -0.3 is 10.6 Å². The van der Waals surface area contributed by atoms with Crippen molar-refractivity contribution >= 4 is 34.4 Å². The summed E-state index contributed by atoms with van der Waals surface area (Å²) in [6.45, 7) is 1.42. The van der Waals surface area contributed by atoms with E-state index in [0.717, 1.165) is 5.75 Å². The summed E-state index contributed by atoms with van der Waals surface area (Å²) in [6, 6.07) is 6.16. The minimum Gasteiger partial charge on any atom is -0.341 e. The Morgan fingerprint density at radius 1 is 1.26 bits per heavy atom. The third kappa shape index (κ3) is 3.57. The SMILES string of the molecule is CC(=O)Nc1ccc(C(=O)N[C@H]2CCSC2=O)cc1. The Bertz CT molecular complexity index is 513. The highest BCUT2D eigenvalue weighted by molar-refractivity contribution is 8.14. The van der Waals surface area contributed by atoms with Gasteiger partial charge in [0.25, 0.3) is 5.91 Å². The number of thioether (sulfide) groups is 1. The molecule has 1 fully saturated rings. The van der Waals surface area contributed by atoms with Gasteiger partial charge in [0.1, 0.15) is 0 Å². The van der Waals surface area contributed by atoms with Gasteiger partial charge in [0.2, 0.25) is 11.0 Å². The lowest BCUT2D eigenvalue weighted by Gasteiger charge is -2.10. The quantitative estimate of drug-likeness (QED) is 0.876. The summed E-state index contributed by atoms with van der Waals surface area (Å²) in [5.74, 6) is 0.326. The average Bonchev–Trinajstić information content (AvgIpc) is 2.75. The van der Waals surface area contributed by atoms with Crippen LogP contribution in [0.4, 0.5) is 5.69 Å². The van der Waals surface area contributed by atoms with E-state index in [9.17, 15) is 14.4 Å². The molecule has 1 aliphatic rings. The van der Waals surface area contributed by atoms with E-state index in [0.29, 0.717) is 17.7 Å². The standard InChI is InChI=1S/C13H14N2O3S/c1-8(16)14-10-4-2-9(3-5-10)12(17)15-11-6-7-19-13(11)18/h2-5,11H,6-7H2,1H3,(H,14,16)(H,15,17)/t11-/m0/s1. The minimum absolute atomic E-state index is 0.0169. The number of amides is 2. The smallest absolute Gasteiger partial charge is 0.251 e. The highest BCUT2D eigenvalue weighted by atomic mass is 32.2. The molecule has 0 unspecified atom stereocenters. The Labute approximate surface area is 115 Å². The van der Waals surface area contributed by atoms with Crippen LogP contribution < -0.4 is 10.6 Å². The van der Waals surface area contributed by atoms with E-state index in [-0.39, 0.29) is 23.0 Å². The fourth-order valence-corrected chi connectivity index (χ4v) is 2.71. The third-order valence-electron chi connectivity index (χ3n) is 2.71. The summed E-state index contributed by atoms with van der Waals surface area (Å²) in [6.07, 6.45) is 0.680. The molecule has 5 nitrogen and oxygen atoms in total. The molecule has 2 N–H and O–H groups in total. The Hall–Kier alpha value is -1.82. The molecule has 1 atom stereocenters. The number of anilines is 1. The summed E-state index contributed by atoms with van der Waals surface area (Å²) in [7, 11) is 0. The lowest BCUT2D eigenvalue weighted by atomic mass is 10.1. The van der Waals surface area contributed by atoms with Crippen molar-refractivity contribution in [2.24, 2.45) is 0 Å². The Kier molecular flexibility index (Phi) is 4.21. The molecule has 0 aromatic heterocycles. The van der Waals surface area contributed by atoms with Gasteiger partial charge in [0.05, 0.1) is 6.04 Å². The van der Waals surface area contributed by atoms with Gasteiger partial charge in [-0.1, -0.05) is 11.8 Å². The van der Waals surface area contributed by atoms with Gasteiger partial charge in [0, 0.05) is 23.9 Å². The van der Waals surface area contributed by atoms with E-state index in [1.807, 2.05) is 0 Å². The van der Waals surface area contributed by atoms with Gasteiger partial charge in [0.15, 0.2) is 0 Å². The van der Waals surface area contributed by atoms with Crippen molar-refractivity contribution in [3.05, 3.63) is 29.8 Å². The molecule has 1 aromatic carbocycles. The van der Waals surface area contributed by atoms with Crippen LogP contribution in [0.1, 0.15) is 23.7 Å². The predicted octanol–water partition coefficient (Wildman–Crippen LogP) is 1.41. The molecular weight excluding hydrogens is 264 g/mol. The molecule has 2 amide bonds. The van der Waals surface area contributed by atoms with E-state index in [4.69, 9.17) is 0 Å². The fourth-order valence-electron chi connectivity index (χ4n) is 1.78. The molecule has 0 saturated carbocycles. The van der Waals surface area contributed by atoms with Crippen molar-refractivity contribution in [2.45, 2.75) is 19.4 Å². The van der Waals surface area contributed by atoms with Gasteiger partial charge in [-0.25, -0.2) is 0 Å². The third-order valence-corrected chi connectivity index (χ3v) is 3.72. The first-order valence-electron chi connectivity index (χ1n) is 5.91. The first kappa shape index (κ1) is 13.6. The van der Waals surface area contributed by atoms with Crippen LogP contribution in [0.15, 0.2) is 24.3 Å². The monoisotopic (exact) mass is 278 g/mol. The second kappa shape index (κ2) is 5.88. The number of rotatable bonds is 3. The average molecular weight is 278 g/mol. The molecule has 1 heterocycles. The van der Waals surface area contributed by atoms with E-state index in [2.05, 4.69) is 10.6 Å². The van der Waals surface area contributed by atoms with Crippen molar-refractivity contribution in [3.8, 4) is 0 Å². The number of nitrogens with one attached hydrogen (secondary N) is 2. The van der Waals surface area contributed by atoms with Gasteiger partial charge in [-0.2, -0.15) is 0 Å². The van der Waals surface area contributed by atoms with Crippen LogP contribution in [0.25, 0.3) is 0 Å². The molecule has 1 saturated heterocycles. The number of benzene rings is 1. The van der Waals surface area contributed by atoms with E-state index in [1.165, 1.54) is 18.7 Å². The highest BCUT2D eigenvalue weighted by Crippen LogP contribution is 2.20. The van der Waals surface area contributed by atoms with Crippen LogP contribution in [0, 0.1) is 0 Å². The summed E-state index contributed by atoms with van der Waals surface area (Å²) in [5.41, 5.74) is 1.11. The van der Waals surface area contributed by atoms with Crippen LogP contribution in [0.3, 0.4) is 0 Å². The Balaban J connectivity index is 1.99. The van der Waals surface area contributed by atoms with Crippen molar-refractivity contribution in [2.75, 3.05) is 11.1 Å². The Morgan fingerprint density at radius 2 is 1.95 bits per heavy atom. The van der Waals surface area contributed by atoms with Crippen molar-refractivity contribution in [3.63, 3.8) is 0 Å². The van der Waals surface area contributed by atoms with Crippen molar-refractivity contribution < 1.29 is 14.4 Å². The molecule has 2 rings (SSSR count). The summed E-state index contributed by atoms with van der Waals surface area (Å²) >= 11 is 1.25. The normalized spacial score (nSPS) is 18.2. The fraction of sp³-hybridized carbons (Fsp3) is 0.308. The van der Waals surface area contributed by atoms with Gasteiger partial charge in [-0.05, 0) is 30.7 Å². The predicted molar refractivity (Wildman–Crippen MR) is 74.1 cm³/mol. The first-order chi connectivity index (χ1) is 9.06. The van der Waals surface area contributed by atoms with E-state index in [1.54, 1.807) is 24.3 Å². The largest absolute Gasteiger partial charge is 0.341 e. The zero-order chi connectivity index (χ0) is 13.8. The van der Waals surface area contributed by atoms with Crippen LogP contribution in [0.5, 0.6) is 0 Å². The second-order valence-corrected chi connectivity index (χ2v) is 5.34. The molecule has 6 heteroatoms. The number of hydrogen-bond acceptors (Lipinski definition) is 4. The number of carbonyl (C=O) groups excluding carboxylic acids is 3. The minimum atomic E-state index is -0.382. The second-order valence-electron chi connectivity index (χ2n) is 4.24. The highest BCUT2D eigenvalue weighted by Gasteiger charge is 2.26. The molecule has 19 heavy (non-hydrogen) atoms. The molecule has 0 spiro atoms. The number of carbonyl (C=O) groups is 3. The van der Waals surface area contributed by atoms with Crippen LogP contribution in [-0.2, 0) is 9.59 Å². The summed E-state index contributed by atoms with van der Waals surface area (Å²) in [4.78, 5) is 34.2. The Morgan fingerprint density at radius 3 is 2.47 bits per heavy atom. The molecule has 0 aliphatic carbocycles. The molecular formula is C13H14N2O3S. The molecule has 0 bridgehead atoms.